The van der Waals surface area contributed by atoms with Gasteiger partial charge in [-0.2, -0.15) is 0 Å². The number of hydrogen-bond acceptors (Lipinski definition) is 2. The van der Waals surface area contributed by atoms with Crippen LogP contribution in [0.1, 0.15) is 16.7 Å². The van der Waals surface area contributed by atoms with E-state index in [0.29, 0.717) is 6.54 Å². The van der Waals surface area contributed by atoms with E-state index in [1.807, 2.05) is 11.9 Å². The van der Waals surface area contributed by atoms with Crippen molar-refractivity contribution in [3.05, 3.63) is 65.0 Å². The number of ether oxygens (including phenoxy) is 1. The van der Waals surface area contributed by atoms with E-state index in [1.165, 1.54) is 23.3 Å². The molecule has 2 aromatic carbocycles. The van der Waals surface area contributed by atoms with Crippen molar-refractivity contribution in [1.29, 1.82) is 0 Å². The highest BCUT2D eigenvalue weighted by molar-refractivity contribution is 14.0. The van der Waals surface area contributed by atoms with Crippen molar-refractivity contribution in [3.63, 3.8) is 0 Å². The smallest absolute Gasteiger partial charge is 0.193 e. The molecule has 1 aliphatic heterocycles. The monoisotopic (exact) mass is 469 g/mol. The van der Waals surface area contributed by atoms with E-state index in [1.54, 1.807) is 19.2 Å². The minimum Gasteiger partial charge on any atom is -0.493 e. The van der Waals surface area contributed by atoms with Gasteiger partial charge < -0.3 is 15.0 Å². The fourth-order valence-corrected chi connectivity index (χ4v) is 3.04. The predicted molar refractivity (Wildman–Crippen MR) is 114 cm³/mol. The van der Waals surface area contributed by atoms with Gasteiger partial charge in [0, 0.05) is 33.6 Å². The highest BCUT2D eigenvalue weighted by Crippen LogP contribution is 2.25. The minimum absolute atomic E-state index is 0. The van der Waals surface area contributed by atoms with E-state index in [9.17, 15) is 4.39 Å². The molecule has 0 bridgehead atoms. The Morgan fingerprint density at radius 2 is 1.92 bits per heavy atom. The summed E-state index contributed by atoms with van der Waals surface area (Å²) < 4.78 is 18.5. The quantitative estimate of drug-likeness (QED) is 0.413. The number of benzene rings is 2. The zero-order chi connectivity index (χ0) is 17.6. The van der Waals surface area contributed by atoms with Crippen molar-refractivity contribution in [3.8, 4) is 5.75 Å². The Morgan fingerprint density at radius 1 is 1.19 bits per heavy atom. The highest BCUT2D eigenvalue weighted by Gasteiger charge is 2.12. The van der Waals surface area contributed by atoms with Crippen LogP contribution in [0.15, 0.2) is 47.5 Å². The number of nitrogens with one attached hydrogen (secondary N) is 1. The van der Waals surface area contributed by atoms with Crippen molar-refractivity contribution >= 4 is 29.9 Å². The highest BCUT2D eigenvalue weighted by atomic mass is 127. The van der Waals surface area contributed by atoms with Crippen molar-refractivity contribution in [2.45, 2.75) is 19.4 Å². The molecule has 3 rings (SSSR count). The molecule has 0 aliphatic carbocycles. The molecule has 1 aliphatic rings. The van der Waals surface area contributed by atoms with Crippen molar-refractivity contribution in [2.24, 2.45) is 4.99 Å². The first-order valence-corrected chi connectivity index (χ1v) is 8.56. The van der Waals surface area contributed by atoms with Gasteiger partial charge in [0.25, 0.3) is 0 Å². The zero-order valence-corrected chi connectivity index (χ0v) is 17.5. The minimum atomic E-state index is -0.214. The standard InChI is InChI=1S/C20H24FN3O.HI/c1-22-20(24(2)14-16-3-6-18(21)7-4-16)23-11-9-15-5-8-19-17(13-15)10-12-25-19;/h3-8,13H,9-12,14H2,1-2H3,(H,22,23);1H. The van der Waals surface area contributed by atoms with Crippen LogP contribution < -0.4 is 10.1 Å². The number of aliphatic imine (C=N–C) groups is 1. The zero-order valence-electron chi connectivity index (χ0n) is 15.2. The number of halogens is 2. The van der Waals surface area contributed by atoms with Crippen LogP contribution in [-0.4, -0.2) is 38.1 Å². The summed E-state index contributed by atoms with van der Waals surface area (Å²) in [7, 11) is 3.75. The molecule has 2 aromatic rings. The summed E-state index contributed by atoms with van der Waals surface area (Å²) in [5, 5.41) is 3.39. The third-order valence-corrected chi connectivity index (χ3v) is 4.36. The van der Waals surface area contributed by atoms with Gasteiger partial charge in [-0.05, 0) is 41.3 Å². The summed E-state index contributed by atoms with van der Waals surface area (Å²) in [6, 6.07) is 13.0. The third kappa shape index (κ3) is 5.33. The maximum atomic E-state index is 13.0. The molecule has 4 nitrogen and oxygen atoms in total. The van der Waals surface area contributed by atoms with E-state index >= 15 is 0 Å². The average molecular weight is 469 g/mol. The summed E-state index contributed by atoms with van der Waals surface area (Å²) in [4.78, 5) is 6.36. The SMILES string of the molecule is CN=C(NCCc1ccc2c(c1)CCO2)N(C)Cc1ccc(F)cc1.I. The molecule has 0 saturated heterocycles. The van der Waals surface area contributed by atoms with Gasteiger partial charge in [0.2, 0.25) is 0 Å². The molecule has 0 atom stereocenters. The van der Waals surface area contributed by atoms with Crippen LogP contribution in [0, 0.1) is 5.82 Å². The second-order valence-corrected chi connectivity index (χ2v) is 6.25. The lowest BCUT2D eigenvalue weighted by molar-refractivity contribution is 0.357. The molecule has 0 saturated carbocycles. The Labute approximate surface area is 171 Å². The van der Waals surface area contributed by atoms with Gasteiger partial charge in [-0.15, -0.1) is 24.0 Å². The fraction of sp³-hybridized carbons (Fsp3) is 0.350. The number of guanidine groups is 1. The van der Waals surface area contributed by atoms with Gasteiger partial charge in [0.1, 0.15) is 11.6 Å². The van der Waals surface area contributed by atoms with Crippen LogP contribution in [-0.2, 0) is 19.4 Å². The molecular formula is C20H25FIN3O. The van der Waals surface area contributed by atoms with Gasteiger partial charge >= 0.3 is 0 Å². The van der Waals surface area contributed by atoms with Crippen molar-refractivity contribution in [2.75, 3.05) is 27.2 Å². The molecule has 0 fully saturated rings. The normalized spacial score (nSPS) is 12.8. The number of hydrogen-bond donors (Lipinski definition) is 1. The van der Waals surface area contributed by atoms with Gasteiger partial charge in [-0.25, -0.2) is 4.39 Å². The summed E-state index contributed by atoms with van der Waals surface area (Å²) in [6.07, 6.45) is 1.93. The lowest BCUT2D eigenvalue weighted by Gasteiger charge is -2.22. The van der Waals surface area contributed by atoms with Gasteiger partial charge in [-0.3, -0.25) is 4.99 Å². The molecule has 0 aromatic heterocycles. The average Bonchev–Trinajstić information content (AvgIpc) is 3.08. The van der Waals surface area contributed by atoms with Crippen LogP contribution >= 0.6 is 24.0 Å². The first-order chi connectivity index (χ1) is 12.2. The lowest BCUT2D eigenvalue weighted by atomic mass is 10.1. The lowest BCUT2D eigenvalue weighted by Crippen LogP contribution is -2.39. The summed E-state index contributed by atoms with van der Waals surface area (Å²) in [5.41, 5.74) is 3.65. The van der Waals surface area contributed by atoms with Crippen LogP contribution in [0.25, 0.3) is 0 Å². The molecule has 0 radical (unpaired) electrons. The van der Waals surface area contributed by atoms with E-state index in [-0.39, 0.29) is 29.8 Å². The van der Waals surface area contributed by atoms with Crippen molar-refractivity contribution in [1.82, 2.24) is 10.2 Å². The summed E-state index contributed by atoms with van der Waals surface area (Å²) >= 11 is 0. The van der Waals surface area contributed by atoms with Gasteiger partial charge in [-0.1, -0.05) is 24.3 Å². The summed E-state index contributed by atoms with van der Waals surface area (Å²) in [6.45, 7) is 2.27. The van der Waals surface area contributed by atoms with Crippen LogP contribution in [0.2, 0.25) is 0 Å². The molecule has 26 heavy (non-hydrogen) atoms. The first-order valence-electron chi connectivity index (χ1n) is 8.56. The van der Waals surface area contributed by atoms with Crippen LogP contribution in [0.4, 0.5) is 4.39 Å². The van der Waals surface area contributed by atoms with Gasteiger partial charge in [0.15, 0.2) is 5.96 Å². The second kappa shape index (κ2) is 9.75. The molecule has 140 valence electrons. The Hall–Kier alpha value is -1.83. The number of nitrogens with zero attached hydrogens (tertiary/aromatic N) is 2. The van der Waals surface area contributed by atoms with Crippen LogP contribution in [0.5, 0.6) is 5.75 Å². The van der Waals surface area contributed by atoms with Crippen LogP contribution in [0.3, 0.4) is 0 Å². The maximum absolute atomic E-state index is 13.0. The Kier molecular flexibility index (Phi) is 7.68. The molecular weight excluding hydrogens is 444 g/mol. The van der Waals surface area contributed by atoms with Crippen molar-refractivity contribution < 1.29 is 9.13 Å². The molecule has 0 amide bonds. The number of fused-ring (bicyclic) bond motifs is 1. The second-order valence-electron chi connectivity index (χ2n) is 6.25. The third-order valence-electron chi connectivity index (χ3n) is 4.36. The van der Waals surface area contributed by atoms with E-state index in [0.717, 1.165) is 43.3 Å². The van der Waals surface area contributed by atoms with Gasteiger partial charge in [0.05, 0.1) is 6.61 Å². The maximum Gasteiger partial charge on any atom is 0.193 e. The van der Waals surface area contributed by atoms with E-state index < -0.39 is 0 Å². The Bertz CT molecular complexity index is 749. The molecule has 6 heteroatoms. The molecule has 1 heterocycles. The molecule has 1 N–H and O–H groups in total. The Balaban J connectivity index is 0.00000243. The number of rotatable bonds is 5. The van der Waals surface area contributed by atoms with E-state index in [4.69, 9.17) is 4.74 Å². The van der Waals surface area contributed by atoms with E-state index in [2.05, 4.69) is 28.5 Å². The largest absolute Gasteiger partial charge is 0.493 e. The predicted octanol–water partition coefficient (Wildman–Crippen LogP) is 3.63. The first kappa shape index (κ1) is 20.5. The summed E-state index contributed by atoms with van der Waals surface area (Å²) in [5.74, 6) is 1.63. The topological polar surface area (TPSA) is 36.9 Å². The fourth-order valence-electron chi connectivity index (χ4n) is 3.04. The molecule has 0 spiro atoms. The molecule has 0 unspecified atom stereocenters. The Morgan fingerprint density at radius 3 is 2.65 bits per heavy atom.